The van der Waals surface area contributed by atoms with E-state index in [2.05, 4.69) is 38.2 Å². The van der Waals surface area contributed by atoms with Gasteiger partial charge in [-0.25, -0.2) is 0 Å². The third kappa shape index (κ3) is 1.70. The lowest BCUT2D eigenvalue weighted by Crippen LogP contribution is -1.99. The second-order valence-electron chi connectivity index (χ2n) is 2.81. The van der Waals surface area contributed by atoms with Gasteiger partial charge in [0.2, 0.25) is 0 Å². The molecule has 0 saturated heterocycles. The third-order valence-corrected chi connectivity index (χ3v) is 1.98. The van der Waals surface area contributed by atoms with Crippen LogP contribution in [0.25, 0.3) is 0 Å². The molecule has 0 aromatic rings. The van der Waals surface area contributed by atoms with Crippen molar-refractivity contribution < 1.29 is 0 Å². The van der Waals surface area contributed by atoms with Crippen molar-refractivity contribution in [2.75, 3.05) is 0 Å². The first-order chi connectivity index (χ1) is 4.30. The van der Waals surface area contributed by atoms with Crippen molar-refractivity contribution in [3.8, 4) is 0 Å². The average molecular weight is 122 g/mol. The van der Waals surface area contributed by atoms with E-state index in [0.29, 0.717) is 0 Å². The summed E-state index contributed by atoms with van der Waals surface area (Å²) in [5, 5.41) is 0. The molecule has 0 N–H and O–H groups in total. The Morgan fingerprint density at radius 2 is 1.44 bits per heavy atom. The van der Waals surface area contributed by atoms with Gasteiger partial charge in [-0.1, -0.05) is 38.2 Å². The fraction of sp³-hybridized carbons (Fsp3) is 0.556. The molecular weight excluding hydrogens is 108 g/mol. The monoisotopic (exact) mass is 122 g/mol. The Morgan fingerprint density at radius 3 is 1.89 bits per heavy atom. The topological polar surface area (TPSA) is 0 Å². The Balaban J connectivity index is 2.61. The normalized spacial score (nSPS) is 34.4. The SMILES string of the molecule is C[C@@H]1C=CCC=C[C@H]1C. The van der Waals surface area contributed by atoms with Gasteiger partial charge >= 0.3 is 0 Å². The van der Waals surface area contributed by atoms with E-state index in [4.69, 9.17) is 0 Å². The minimum absolute atomic E-state index is 0.726. The number of hydrogen-bond acceptors (Lipinski definition) is 0. The zero-order chi connectivity index (χ0) is 6.69. The van der Waals surface area contributed by atoms with Gasteiger partial charge < -0.3 is 0 Å². The van der Waals surface area contributed by atoms with E-state index < -0.39 is 0 Å². The Bertz CT molecular complexity index is 115. The van der Waals surface area contributed by atoms with Crippen LogP contribution in [0.2, 0.25) is 0 Å². The van der Waals surface area contributed by atoms with Gasteiger partial charge in [0.05, 0.1) is 0 Å². The summed E-state index contributed by atoms with van der Waals surface area (Å²) in [6.07, 6.45) is 10.2. The minimum atomic E-state index is 0.726. The second-order valence-corrected chi connectivity index (χ2v) is 2.81. The molecule has 9 heavy (non-hydrogen) atoms. The maximum atomic E-state index is 2.30. The smallest absolute Gasteiger partial charge is 0.0169 e. The highest BCUT2D eigenvalue weighted by molar-refractivity contribution is 5.04. The Labute approximate surface area is 57.3 Å². The molecule has 0 heteroatoms. The van der Waals surface area contributed by atoms with E-state index in [1.54, 1.807) is 0 Å². The van der Waals surface area contributed by atoms with Crippen LogP contribution in [0.1, 0.15) is 20.3 Å². The fourth-order valence-electron chi connectivity index (χ4n) is 1.02. The zero-order valence-electron chi connectivity index (χ0n) is 6.17. The van der Waals surface area contributed by atoms with Gasteiger partial charge in [-0.3, -0.25) is 0 Å². The number of allylic oxidation sites excluding steroid dienone is 4. The van der Waals surface area contributed by atoms with Gasteiger partial charge in [-0.2, -0.15) is 0 Å². The van der Waals surface area contributed by atoms with Crippen LogP contribution < -0.4 is 0 Å². The van der Waals surface area contributed by atoms with E-state index >= 15 is 0 Å². The maximum absolute atomic E-state index is 2.30. The fourth-order valence-corrected chi connectivity index (χ4v) is 1.02. The van der Waals surface area contributed by atoms with E-state index in [0.717, 1.165) is 18.3 Å². The summed E-state index contributed by atoms with van der Waals surface area (Å²) in [5.41, 5.74) is 0. The molecule has 0 aromatic heterocycles. The molecule has 0 aliphatic heterocycles. The highest BCUT2D eigenvalue weighted by Gasteiger charge is 2.05. The van der Waals surface area contributed by atoms with Crippen LogP contribution in [0.15, 0.2) is 24.3 Å². The van der Waals surface area contributed by atoms with Crippen molar-refractivity contribution in [3.63, 3.8) is 0 Å². The summed E-state index contributed by atoms with van der Waals surface area (Å²) in [6.45, 7) is 4.52. The van der Waals surface area contributed by atoms with Crippen LogP contribution >= 0.6 is 0 Å². The van der Waals surface area contributed by atoms with Crippen LogP contribution in [0, 0.1) is 11.8 Å². The van der Waals surface area contributed by atoms with Gasteiger partial charge in [0, 0.05) is 0 Å². The van der Waals surface area contributed by atoms with E-state index in [-0.39, 0.29) is 0 Å². The molecule has 0 bridgehead atoms. The molecular formula is C9H14. The van der Waals surface area contributed by atoms with Crippen molar-refractivity contribution in [3.05, 3.63) is 24.3 Å². The van der Waals surface area contributed by atoms with Crippen LogP contribution in [0.4, 0.5) is 0 Å². The first-order valence-electron chi connectivity index (χ1n) is 3.64. The molecule has 1 aliphatic carbocycles. The van der Waals surface area contributed by atoms with Crippen molar-refractivity contribution >= 4 is 0 Å². The first kappa shape index (κ1) is 6.60. The molecule has 50 valence electrons. The van der Waals surface area contributed by atoms with Crippen LogP contribution in [-0.4, -0.2) is 0 Å². The van der Waals surface area contributed by atoms with Gasteiger partial charge in [0.1, 0.15) is 0 Å². The highest BCUT2D eigenvalue weighted by atomic mass is 14.1. The van der Waals surface area contributed by atoms with Crippen molar-refractivity contribution in [1.29, 1.82) is 0 Å². The number of hydrogen-bond donors (Lipinski definition) is 0. The summed E-state index contributed by atoms with van der Waals surface area (Å²) < 4.78 is 0. The lowest BCUT2D eigenvalue weighted by molar-refractivity contribution is 0.560. The molecule has 0 radical (unpaired) electrons. The molecule has 0 fully saturated rings. The Kier molecular flexibility index (Phi) is 2.10. The van der Waals surface area contributed by atoms with Gasteiger partial charge in [0.25, 0.3) is 0 Å². The highest BCUT2D eigenvalue weighted by Crippen LogP contribution is 2.16. The second kappa shape index (κ2) is 2.86. The summed E-state index contributed by atoms with van der Waals surface area (Å²) in [5.74, 6) is 1.45. The van der Waals surface area contributed by atoms with Crippen LogP contribution in [-0.2, 0) is 0 Å². The predicted molar refractivity (Wildman–Crippen MR) is 41.2 cm³/mol. The Morgan fingerprint density at radius 1 is 1.00 bits per heavy atom. The molecule has 0 amide bonds. The van der Waals surface area contributed by atoms with Crippen LogP contribution in [0.3, 0.4) is 0 Å². The van der Waals surface area contributed by atoms with E-state index in [1.807, 2.05) is 0 Å². The molecule has 0 unspecified atom stereocenters. The van der Waals surface area contributed by atoms with Crippen molar-refractivity contribution in [2.24, 2.45) is 11.8 Å². The van der Waals surface area contributed by atoms with E-state index in [1.165, 1.54) is 0 Å². The van der Waals surface area contributed by atoms with Crippen molar-refractivity contribution in [2.45, 2.75) is 20.3 Å². The summed E-state index contributed by atoms with van der Waals surface area (Å²) in [4.78, 5) is 0. The first-order valence-corrected chi connectivity index (χ1v) is 3.64. The lowest BCUT2D eigenvalue weighted by atomic mass is 9.97. The number of rotatable bonds is 0. The Hall–Kier alpha value is -0.520. The third-order valence-electron chi connectivity index (χ3n) is 1.98. The van der Waals surface area contributed by atoms with E-state index in [9.17, 15) is 0 Å². The summed E-state index contributed by atoms with van der Waals surface area (Å²) in [7, 11) is 0. The molecule has 0 aromatic carbocycles. The predicted octanol–water partition coefficient (Wildman–Crippen LogP) is 2.77. The summed E-state index contributed by atoms with van der Waals surface area (Å²) in [6, 6.07) is 0. The lowest BCUT2D eigenvalue weighted by Gasteiger charge is -2.08. The average Bonchev–Trinajstić information content (AvgIpc) is 1.99. The molecule has 0 saturated carbocycles. The van der Waals surface area contributed by atoms with Gasteiger partial charge in [-0.05, 0) is 18.3 Å². The molecule has 0 heterocycles. The molecule has 0 spiro atoms. The molecule has 1 aliphatic rings. The molecule has 0 nitrogen and oxygen atoms in total. The minimum Gasteiger partial charge on any atom is -0.0848 e. The quantitative estimate of drug-likeness (QED) is 0.433. The van der Waals surface area contributed by atoms with Crippen LogP contribution in [0.5, 0.6) is 0 Å². The van der Waals surface area contributed by atoms with Gasteiger partial charge in [-0.15, -0.1) is 0 Å². The summed E-state index contributed by atoms with van der Waals surface area (Å²) >= 11 is 0. The van der Waals surface area contributed by atoms with Gasteiger partial charge in [0.15, 0.2) is 0 Å². The standard InChI is InChI=1S/C9H14/c1-8-6-4-3-5-7-9(8)2/h4-9H,3H2,1-2H3/t8-,9-/m1/s1. The maximum Gasteiger partial charge on any atom is -0.0169 e. The largest absolute Gasteiger partial charge is 0.0848 e. The van der Waals surface area contributed by atoms with Crippen molar-refractivity contribution in [1.82, 2.24) is 0 Å². The molecule has 1 rings (SSSR count). The zero-order valence-corrected chi connectivity index (χ0v) is 6.17. The molecule has 2 atom stereocenters.